The Labute approximate surface area is 132 Å². The van der Waals surface area contributed by atoms with Crippen molar-refractivity contribution in [2.75, 3.05) is 13.6 Å². The summed E-state index contributed by atoms with van der Waals surface area (Å²) in [6.07, 6.45) is 2.12. The lowest BCUT2D eigenvalue weighted by atomic mass is 10.1. The van der Waals surface area contributed by atoms with Crippen molar-refractivity contribution in [3.05, 3.63) is 71.3 Å². The first-order chi connectivity index (χ1) is 10.7. The summed E-state index contributed by atoms with van der Waals surface area (Å²) < 4.78 is 0. The molecule has 0 spiro atoms. The van der Waals surface area contributed by atoms with E-state index >= 15 is 0 Å². The molecule has 0 N–H and O–H groups in total. The Hall–Kier alpha value is -2.53. The zero-order valence-electron chi connectivity index (χ0n) is 13.2. The fourth-order valence-electron chi connectivity index (χ4n) is 2.08. The third-order valence-electron chi connectivity index (χ3n) is 3.45. The molecule has 0 bridgehead atoms. The Kier molecular flexibility index (Phi) is 5.80. The van der Waals surface area contributed by atoms with Gasteiger partial charge in [0.2, 0.25) is 0 Å². The molecule has 0 aromatic heterocycles. The van der Waals surface area contributed by atoms with Gasteiger partial charge < -0.3 is 4.90 Å². The second kappa shape index (κ2) is 8.05. The lowest BCUT2D eigenvalue weighted by Gasteiger charge is -2.16. The molecule has 0 aliphatic carbocycles. The topological polar surface area (TPSA) is 20.3 Å². The van der Waals surface area contributed by atoms with Gasteiger partial charge in [0, 0.05) is 30.3 Å². The minimum atomic E-state index is 0.0658. The third kappa shape index (κ3) is 4.49. The molecule has 0 saturated heterocycles. The normalized spacial score (nSPS) is 9.73. The van der Waals surface area contributed by atoms with E-state index in [4.69, 9.17) is 0 Å². The molecule has 0 heterocycles. The largest absolute Gasteiger partial charge is 0.342 e. The van der Waals surface area contributed by atoms with Crippen molar-refractivity contribution in [1.29, 1.82) is 0 Å². The first-order valence-electron chi connectivity index (χ1n) is 7.63. The first kappa shape index (κ1) is 15.9. The quantitative estimate of drug-likeness (QED) is 0.781. The molecule has 0 aliphatic rings. The number of hydrogen-bond donors (Lipinski definition) is 0. The van der Waals surface area contributed by atoms with Crippen LogP contribution >= 0.6 is 0 Å². The van der Waals surface area contributed by atoms with Gasteiger partial charge >= 0.3 is 0 Å². The van der Waals surface area contributed by atoms with E-state index in [-0.39, 0.29) is 5.91 Å². The first-order valence-corrected chi connectivity index (χ1v) is 7.63. The van der Waals surface area contributed by atoms with Crippen LogP contribution in [0.5, 0.6) is 0 Å². The number of rotatable bonds is 4. The van der Waals surface area contributed by atoms with Crippen LogP contribution in [-0.4, -0.2) is 24.4 Å². The molecular weight excluding hydrogens is 270 g/mol. The molecule has 112 valence electrons. The molecule has 0 aliphatic heterocycles. The highest BCUT2D eigenvalue weighted by Crippen LogP contribution is 2.07. The Morgan fingerprint density at radius 1 is 0.955 bits per heavy atom. The van der Waals surface area contributed by atoms with Gasteiger partial charge in [-0.05, 0) is 42.8 Å². The fourth-order valence-corrected chi connectivity index (χ4v) is 2.08. The summed E-state index contributed by atoms with van der Waals surface area (Å²) in [4.78, 5) is 14.0. The average Bonchev–Trinajstić information content (AvgIpc) is 2.58. The minimum absolute atomic E-state index is 0.0658. The van der Waals surface area contributed by atoms with Gasteiger partial charge in [0.25, 0.3) is 5.91 Å². The molecule has 0 radical (unpaired) electrons. The van der Waals surface area contributed by atoms with Crippen LogP contribution in [0.15, 0.2) is 54.6 Å². The molecule has 2 rings (SSSR count). The van der Waals surface area contributed by atoms with Crippen molar-refractivity contribution in [3.8, 4) is 11.8 Å². The van der Waals surface area contributed by atoms with Crippen molar-refractivity contribution in [2.45, 2.75) is 19.8 Å². The predicted molar refractivity (Wildman–Crippen MR) is 90.7 cm³/mol. The number of carbonyl (C=O) groups is 1. The molecule has 2 aromatic rings. The summed E-state index contributed by atoms with van der Waals surface area (Å²) in [5, 5.41) is 0. The van der Waals surface area contributed by atoms with E-state index in [1.165, 1.54) is 0 Å². The van der Waals surface area contributed by atoms with E-state index in [1.54, 1.807) is 4.90 Å². The monoisotopic (exact) mass is 291 g/mol. The second-order valence-corrected chi connectivity index (χ2v) is 5.27. The van der Waals surface area contributed by atoms with E-state index in [2.05, 4.69) is 18.8 Å². The molecule has 2 nitrogen and oxygen atoms in total. The van der Waals surface area contributed by atoms with E-state index < -0.39 is 0 Å². The van der Waals surface area contributed by atoms with Crippen LogP contribution in [-0.2, 0) is 0 Å². The van der Waals surface area contributed by atoms with Gasteiger partial charge in [-0.1, -0.05) is 43.4 Å². The standard InChI is InChI=1S/C20H21NO/c1-3-4-16-21(2)20(22)19-14-12-18(13-15-19)11-10-17-8-6-5-7-9-17/h5-9,12-15H,3-4,16H2,1-2H3. The van der Waals surface area contributed by atoms with Crippen LogP contribution in [0.3, 0.4) is 0 Å². The maximum Gasteiger partial charge on any atom is 0.253 e. The van der Waals surface area contributed by atoms with Crippen LogP contribution in [0.25, 0.3) is 0 Å². The Morgan fingerprint density at radius 3 is 2.14 bits per heavy atom. The highest BCUT2D eigenvalue weighted by molar-refractivity contribution is 5.94. The van der Waals surface area contributed by atoms with Gasteiger partial charge in [-0.3, -0.25) is 4.79 Å². The number of nitrogens with zero attached hydrogens (tertiary/aromatic N) is 1. The number of benzene rings is 2. The Balaban J connectivity index is 2.04. The summed E-state index contributed by atoms with van der Waals surface area (Å²) in [6, 6.07) is 17.4. The van der Waals surface area contributed by atoms with E-state index in [0.717, 1.165) is 30.5 Å². The van der Waals surface area contributed by atoms with Crippen LogP contribution in [0.4, 0.5) is 0 Å². The lowest BCUT2D eigenvalue weighted by molar-refractivity contribution is 0.0793. The highest BCUT2D eigenvalue weighted by Gasteiger charge is 2.10. The molecule has 22 heavy (non-hydrogen) atoms. The maximum atomic E-state index is 12.2. The molecule has 0 saturated carbocycles. The van der Waals surface area contributed by atoms with Crippen molar-refractivity contribution in [2.24, 2.45) is 0 Å². The van der Waals surface area contributed by atoms with Gasteiger partial charge in [0.1, 0.15) is 0 Å². The number of hydrogen-bond acceptors (Lipinski definition) is 1. The van der Waals surface area contributed by atoms with Gasteiger partial charge in [0.15, 0.2) is 0 Å². The smallest absolute Gasteiger partial charge is 0.253 e. The Morgan fingerprint density at radius 2 is 1.55 bits per heavy atom. The molecular formula is C20H21NO. The van der Waals surface area contributed by atoms with Gasteiger partial charge in [-0.15, -0.1) is 0 Å². The zero-order valence-corrected chi connectivity index (χ0v) is 13.2. The van der Waals surface area contributed by atoms with Gasteiger partial charge in [0.05, 0.1) is 0 Å². The molecule has 2 aromatic carbocycles. The minimum Gasteiger partial charge on any atom is -0.342 e. The number of unbranched alkanes of at least 4 members (excludes halogenated alkanes) is 1. The van der Waals surface area contributed by atoms with E-state index in [0.29, 0.717) is 5.56 Å². The summed E-state index contributed by atoms with van der Waals surface area (Å²) in [7, 11) is 1.85. The van der Waals surface area contributed by atoms with Crippen LogP contribution in [0.1, 0.15) is 41.3 Å². The van der Waals surface area contributed by atoms with Crippen molar-refractivity contribution >= 4 is 5.91 Å². The zero-order chi connectivity index (χ0) is 15.8. The summed E-state index contributed by atoms with van der Waals surface area (Å²) in [5.41, 5.74) is 2.61. The second-order valence-electron chi connectivity index (χ2n) is 5.27. The maximum absolute atomic E-state index is 12.2. The summed E-state index contributed by atoms with van der Waals surface area (Å²) >= 11 is 0. The SMILES string of the molecule is CCCCN(C)C(=O)c1ccc(C#Cc2ccccc2)cc1. The molecule has 0 fully saturated rings. The molecule has 0 unspecified atom stereocenters. The summed E-state index contributed by atoms with van der Waals surface area (Å²) in [6.45, 7) is 2.92. The average molecular weight is 291 g/mol. The van der Waals surface area contributed by atoms with Gasteiger partial charge in [-0.2, -0.15) is 0 Å². The van der Waals surface area contributed by atoms with Crippen LogP contribution in [0.2, 0.25) is 0 Å². The molecule has 2 heteroatoms. The van der Waals surface area contributed by atoms with Crippen LogP contribution < -0.4 is 0 Å². The van der Waals surface area contributed by atoms with Crippen molar-refractivity contribution in [1.82, 2.24) is 4.90 Å². The number of carbonyl (C=O) groups excluding carboxylic acids is 1. The van der Waals surface area contributed by atoms with Gasteiger partial charge in [-0.25, -0.2) is 0 Å². The lowest BCUT2D eigenvalue weighted by Crippen LogP contribution is -2.27. The third-order valence-corrected chi connectivity index (χ3v) is 3.45. The summed E-state index contributed by atoms with van der Waals surface area (Å²) in [5.74, 6) is 6.30. The highest BCUT2D eigenvalue weighted by atomic mass is 16.2. The molecule has 1 amide bonds. The number of amides is 1. The van der Waals surface area contributed by atoms with E-state index in [9.17, 15) is 4.79 Å². The van der Waals surface area contributed by atoms with Crippen molar-refractivity contribution < 1.29 is 4.79 Å². The Bertz CT molecular complexity index is 662. The van der Waals surface area contributed by atoms with Crippen molar-refractivity contribution in [3.63, 3.8) is 0 Å². The van der Waals surface area contributed by atoms with Crippen LogP contribution in [0, 0.1) is 11.8 Å². The molecule has 0 atom stereocenters. The predicted octanol–water partition coefficient (Wildman–Crippen LogP) is 3.96. The van der Waals surface area contributed by atoms with E-state index in [1.807, 2.05) is 61.6 Å². The fraction of sp³-hybridized carbons (Fsp3) is 0.250.